The van der Waals surface area contributed by atoms with Crippen LogP contribution in [0.15, 0.2) is 48.6 Å². The highest BCUT2D eigenvalue weighted by Gasteiger charge is 2.08. The second-order valence-corrected chi connectivity index (χ2v) is 3.26. The third-order valence-corrected chi connectivity index (χ3v) is 2.10. The number of hydrogen-bond donors (Lipinski definition) is 0. The number of halogens is 2. The highest BCUT2D eigenvalue weighted by molar-refractivity contribution is 15.0. The Morgan fingerprint density at radius 3 is 0.882 bits per heavy atom. The smallest absolute Gasteiger partial charge is 0.00439 e. The average molecular weight is 455 g/mol. The number of hydrogen-bond acceptors (Lipinski definition) is 0. The molecule has 0 N–H and O–H groups in total. The molecule has 0 aromatic rings. The highest BCUT2D eigenvalue weighted by atomic mass is 128. The van der Waals surface area contributed by atoms with E-state index in [9.17, 15) is 0 Å². The summed E-state index contributed by atoms with van der Waals surface area (Å²) < 4.78 is 0. The Kier molecular flexibility index (Phi) is 25.1. The Bertz CT molecular complexity index is 193. The van der Waals surface area contributed by atoms with Crippen LogP contribution in [0.25, 0.3) is 0 Å². The van der Waals surface area contributed by atoms with Crippen molar-refractivity contribution in [1.82, 2.24) is 0 Å². The first-order valence-corrected chi connectivity index (χ1v) is 11.7. The van der Waals surface area contributed by atoms with Crippen LogP contribution in [-0.4, -0.2) is 8.41 Å². The Morgan fingerprint density at radius 1 is 0.588 bits per heavy atom. The molecule has 0 aliphatic carbocycles. The zero-order valence-corrected chi connectivity index (χ0v) is 15.4. The molecule has 0 atom stereocenters. The molecule has 0 aromatic carbocycles. The van der Waals surface area contributed by atoms with E-state index in [1.165, 1.54) is 0 Å². The van der Waals surface area contributed by atoms with Crippen molar-refractivity contribution in [1.29, 1.82) is 0 Å². The summed E-state index contributed by atoms with van der Waals surface area (Å²) in [6.07, 6.45) is 17.4. The van der Waals surface area contributed by atoms with Crippen LogP contribution in [0.4, 0.5) is 0 Å². The fourth-order valence-corrected chi connectivity index (χ4v) is 1.53. The van der Waals surface area contributed by atoms with E-state index >= 15 is 0 Å². The molecule has 0 amide bonds. The van der Waals surface area contributed by atoms with Gasteiger partial charge in [-0.25, -0.2) is 0 Å². The van der Waals surface area contributed by atoms with Crippen LogP contribution in [0.2, 0.25) is 0 Å². The molecule has 0 fully saturated rings. The van der Waals surface area contributed by atoms with Gasteiger partial charge >= 0.3 is 0 Å². The van der Waals surface area contributed by atoms with Gasteiger partial charge in [0.15, 0.2) is 0 Å². The molecule has 0 unspecified atom stereocenters. The molecule has 17 heavy (non-hydrogen) atoms. The van der Waals surface area contributed by atoms with Crippen LogP contribution < -0.4 is 0 Å². The van der Waals surface area contributed by atoms with Crippen LogP contribution in [0.3, 0.4) is 0 Å². The van der Waals surface area contributed by atoms with E-state index in [1.807, 2.05) is 0 Å². The van der Waals surface area contributed by atoms with Crippen molar-refractivity contribution in [2.45, 2.75) is 27.7 Å². The third kappa shape index (κ3) is 12.7. The SMILES string of the molecule is C/C=C/C(/C=C/C)C(/C=C/C)/C=C/C.II.[B]. The second-order valence-electron chi connectivity index (χ2n) is 3.26. The second kappa shape index (κ2) is 18.8. The van der Waals surface area contributed by atoms with E-state index in [-0.39, 0.29) is 8.41 Å². The lowest BCUT2D eigenvalue weighted by atomic mass is 9.90. The quantitative estimate of drug-likeness (QED) is 0.275. The maximum Gasteiger partial charge on any atom is 0.00439 e. The van der Waals surface area contributed by atoms with Gasteiger partial charge in [0, 0.05) is 57.5 Å². The normalized spacial score (nSPS) is 11.8. The van der Waals surface area contributed by atoms with Crippen LogP contribution in [0, 0.1) is 11.8 Å². The molecule has 0 rings (SSSR count). The van der Waals surface area contributed by atoms with E-state index < -0.39 is 0 Å². The van der Waals surface area contributed by atoms with E-state index in [0.29, 0.717) is 11.8 Å². The fourth-order valence-electron chi connectivity index (χ4n) is 1.53. The predicted molar refractivity (Wildman–Crippen MR) is 100 cm³/mol. The molecule has 0 saturated heterocycles. The molecule has 3 heteroatoms. The van der Waals surface area contributed by atoms with E-state index in [2.05, 4.69) is 114 Å². The molecule has 0 aromatic heterocycles. The highest BCUT2D eigenvalue weighted by Crippen LogP contribution is 2.18. The molecule has 0 heterocycles. The molecule has 0 spiro atoms. The first kappa shape index (κ1) is 22.6. The Hall–Kier alpha value is 0.485. The van der Waals surface area contributed by atoms with Gasteiger partial charge < -0.3 is 0 Å². The van der Waals surface area contributed by atoms with Crippen LogP contribution >= 0.6 is 37.2 Å². The molecule has 0 bridgehead atoms. The summed E-state index contributed by atoms with van der Waals surface area (Å²) in [4.78, 5) is 0. The monoisotopic (exact) mass is 455 g/mol. The Balaban J connectivity index is -0.000000616. The van der Waals surface area contributed by atoms with Crippen molar-refractivity contribution in [2.75, 3.05) is 0 Å². The summed E-state index contributed by atoms with van der Waals surface area (Å²) in [5.74, 6) is 0.967. The minimum Gasteiger partial charge on any atom is -0.0910 e. The van der Waals surface area contributed by atoms with Crippen molar-refractivity contribution in [3.8, 4) is 0 Å². The molecule has 0 aliphatic heterocycles. The van der Waals surface area contributed by atoms with Crippen LogP contribution in [0.1, 0.15) is 27.7 Å². The molecule has 0 nitrogen and oxygen atoms in total. The topological polar surface area (TPSA) is 0 Å². The minimum absolute atomic E-state index is 0. The summed E-state index contributed by atoms with van der Waals surface area (Å²) in [5.41, 5.74) is 0. The summed E-state index contributed by atoms with van der Waals surface area (Å²) >= 11 is 4.24. The van der Waals surface area contributed by atoms with Gasteiger partial charge in [0.2, 0.25) is 0 Å². The van der Waals surface area contributed by atoms with Crippen molar-refractivity contribution in [3.63, 3.8) is 0 Å². The molecule has 3 radical (unpaired) electrons. The van der Waals surface area contributed by atoms with Gasteiger partial charge in [-0.2, -0.15) is 0 Å². The van der Waals surface area contributed by atoms with Gasteiger partial charge in [0.05, 0.1) is 0 Å². The van der Waals surface area contributed by atoms with Gasteiger partial charge in [-0.1, -0.05) is 48.6 Å². The first-order valence-electron chi connectivity index (χ1n) is 5.45. The summed E-state index contributed by atoms with van der Waals surface area (Å²) in [6.45, 7) is 8.27. The van der Waals surface area contributed by atoms with Crippen molar-refractivity contribution >= 4 is 45.6 Å². The first-order chi connectivity index (χ1) is 7.79. The standard InChI is InChI=1S/C14H22.B.I2/c1-5-9-13(10-6-2)14(11-7-3)12-8-4;;1-2/h5-14H,1-4H3;;/b9-5+,10-6+,11-7+,12-8+;;. The van der Waals surface area contributed by atoms with Crippen molar-refractivity contribution < 1.29 is 0 Å². The molecule has 0 aliphatic rings. The lowest BCUT2D eigenvalue weighted by Gasteiger charge is -2.14. The zero-order valence-electron chi connectivity index (χ0n) is 11.1. The van der Waals surface area contributed by atoms with Gasteiger partial charge in [-0.15, -0.1) is 0 Å². The van der Waals surface area contributed by atoms with Crippen LogP contribution in [-0.2, 0) is 0 Å². The number of allylic oxidation sites excluding steroid dienone is 8. The largest absolute Gasteiger partial charge is 0.0910 e. The lowest BCUT2D eigenvalue weighted by Crippen LogP contribution is -2.04. The van der Waals surface area contributed by atoms with Crippen molar-refractivity contribution in [2.24, 2.45) is 11.8 Å². The maximum absolute atomic E-state index is 2.24. The zero-order chi connectivity index (χ0) is 12.8. The van der Waals surface area contributed by atoms with Crippen LogP contribution in [0.5, 0.6) is 0 Å². The Morgan fingerprint density at radius 2 is 0.765 bits per heavy atom. The molecule has 95 valence electrons. The van der Waals surface area contributed by atoms with Gasteiger partial charge in [-0.3, -0.25) is 0 Å². The Labute approximate surface area is 133 Å². The minimum atomic E-state index is 0. The van der Waals surface area contributed by atoms with E-state index in [4.69, 9.17) is 0 Å². The lowest BCUT2D eigenvalue weighted by molar-refractivity contribution is 0.672. The molecular formula is C14H22BI2. The van der Waals surface area contributed by atoms with E-state index in [1.54, 1.807) is 0 Å². The maximum atomic E-state index is 2.24. The van der Waals surface area contributed by atoms with Gasteiger partial charge in [-0.05, 0) is 27.7 Å². The fraction of sp³-hybridized carbons (Fsp3) is 0.429. The van der Waals surface area contributed by atoms with E-state index in [0.717, 1.165) is 0 Å². The van der Waals surface area contributed by atoms with Crippen molar-refractivity contribution in [3.05, 3.63) is 48.6 Å². The number of rotatable bonds is 5. The molecule has 0 saturated carbocycles. The third-order valence-electron chi connectivity index (χ3n) is 2.10. The average Bonchev–Trinajstić information content (AvgIpc) is 2.31. The summed E-state index contributed by atoms with van der Waals surface area (Å²) in [6, 6.07) is 0. The summed E-state index contributed by atoms with van der Waals surface area (Å²) in [7, 11) is 0. The van der Waals surface area contributed by atoms with Gasteiger partial charge in [0.1, 0.15) is 0 Å². The summed E-state index contributed by atoms with van der Waals surface area (Å²) in [5, 5.41) is 0. The predicted octanol–water partition coefficient (Wildman–Crippen LogP) is 5.91. The molecular weight excluding hydrogens is 433 g/mol. The van der Waals surface area contributed by atoms with Gasteiger partial charge in [0.25, 0.3) is 0 Å².